The fourth-order valence-corrected chi connectivity index (χ4v) is 3.45. The van der Waals surface area contributed by atoms with Crippen molar-refractivity contribution in [3.8, 4) is 0 Å². The highest BCUT2D eigenvalue weighted by molar-refractivity contribution is 5.95. The van der Waals surface area contributed by atoms with E-state index in [0.29, 0.717) is 31.3 Å². The molecule has 1 aliphatic rings. The van der Waals surface area contributed by atoms with E-state index >= 15 is 0 Å². The van der Waals surface area contributed by atoms with E-state index in [1.807, 2.05) is 30.3 Å². The van der Waals surface area contributed by atoms with Crippen molar-refractivity contribution in [2.45, 2.75) is 18.9 Å². The zero-order chi connectivity index (χ0) is 20.2. The molecule has 6 nitrogen and oxygen atoms in total. The Hall–Kier alpha value is -3.48. The zero-order valence-corrected chi connectivity index (χ0v) is 15.8. The van der Waals surface area contributed by atoms with Crippen LogP contribution in [-0.2, 0) is 0 Å². The van der Waals surface area contributed by atoms with Crippen LogP contribution in [0.1, 0.15) is 23.3 Å². The largest absolute Gasteiger partial charge is 0.348 e. The maximum absolute atomic E-state index is 13.9. The number of halogens is 1. The van der Waals surface area contributed by atoms with E-state index in [2.05, 4.69) is 15.6 Å². The Morgan fingerprint density at radius 2 is 1.72 bits per heavy atom. The number of pyridine rings is 1. The van der Waals surface area contributed by atoms with Gasteiger partial charge in [-0.2, -0.15) is 0 Å². The number of carbonyl (C=O) groups excluding carboxylic acids is 2. The Morgan fingerprint density at radius 3 is 2.48 bits per heavy atom. The summed E-state index contributed by atoms with van der Waals surface area (Å²) in [5.74, 6) is -0.780. The lowest BCUT2D eigenvalue weighted by molar-refractivity contribution is 0.0914. The van der Waals surface area contributed by atoms with E-state index < -0.39 is 5.82 Å². The summed E-state index contributed by atoms with van der Waals surface area (Å²) >= 11 is 0. The summed E-state index contributed by atoms with van der Waals surface area (Å²) in [5, 5.41) is 6.47. The predicted molar refractivity (Wildman–Crippen MR) is 109 cm³/mol. The molecule has 7 heteroatoms. The molecule has 2 N–H and O–H groups in total. The van der Waals surface area contributed by atoms with Gasteiger partial charge in [0.15, 0.2) is 0 Å². The number of hydrogen-bond acceptors (Lipinski definition) is 3. The number of aromatic nitrogens is 1. The number of nitrogens with zero attached hydrogens (tertiary/aromatic N) is 2. The van der Waals surface area contributed by atoms with Crippen molar-refractivity contribution in [2.24, 2.45) is 0 Å². The van der Waals surface area contributed by atoms with Crippen LogP contribution in [-0.4, -0.2) is 41.0 Å². The third kappa shape index (κ3) is 4.34. The van der Waals surface area contributed by atoms with Crippen LogP contribution in [0.4, 0.5) is 14.9 Å². The predicted octanol–water partition coefficient (Wildman–Crippen LogP) is 3.80. The number of urea groups is 1. The van der Waals surface area contributed by atoms with Gasteiger partial charge in [0, 0.05) is 30.2 Å². The third-order valence-corrected chi connectivity index (χ3v) is 5.05. The van der Waals surface area contributed by atoms with Crippen LogP contribution in [0.2, 0.25) is 0 Å². The number of benzene rings is 2. The highest BCUT2D eigenvalue weighted by Gasteiger charge is 2.24. The number of piperidine rings is 1. The van der Waals surface area contributed by atoms with Gasteiger partial charge in [-0.25, -0.2) is 14.2 Å². The Morgan fingerprint density at radius 1 is 0.966 bits per heavy atom. The van der Waals surface area contributed by atoms with E-state index in [4.69, 9.17) is 0 Å². The summed E-state index contributed by atoms with van der Waals surface area (Å²) in [7, 11) is 0. The number of likely N-dealkylation sites (tertiary alicyclic amines) is 1. The second-order valence-corrected chi connectivity index (χ2v) is 7.04. The molecular weight excluding hydrogens is 371 g/mol. The Labute approximate surface area is 167 Å². The molecule has 148 valence electrons. The lowest BCUT2D eigenvalue weighted by Gasteiger charge is -2.32. The van der Waals surface area contributed by atoms with Gasteiger partial charge in [0.2, 0.25) is 0 Å². The summed E-state index contributed by atoms with van der Waals surface area (Å²) in [6.45, 7) is 1.09. The highest BCUT2D eigenvalue weighted by Crippen LogP contribution is 2.17. The molecule has 1 saturated heterocycles. The molecule has 0 atom stereocenters. The normalized spacial score (nSPS) is 14.6. The van der Waals surface area contributed by atoms with Gasteiger partial charge >= 0.3 is 6.03 Å². The van der Waals surface area contributed by atoms with Crippen LogP contribution >= 0.6 is 0 Å². The molecule has 1 fully saturated rings. The molecule has 0 bridgehead atoms. The topological polar surface area (TPSA) is 74.3 Å². The molecular formula is C22H21FN4O2. The van der Waals surface area contributed by atoms with Gasteiger partial charge in [0.1, 0.15) is 17.0 Å². The van der Waals surface area contributed by atoms with Crippen LogP contribution in [0, 0.1) is 5.82 Å². The average Bonchev–Trinajstić information content (AvgIpc) is 2.75. The van der Waals surface area contributed by atoms with Crippen LogP contribution < -0.4 is 10.6 Å². The third-order valence-electron chi connectivity index (χ3n) is 5.05. The molecule has 4 rings (SSSR count). The Bertz CT molecular complexity index is 1030. The summed E-state index contributed by atoms with van der Waals surface area (Å²) in [6, 6.07) is 17.1. The number of para-hydroxylation sites is 2. The van der Waals surface area contributed by atoms with Crippen molar-refractivity contribution in [1.82, 2.24) is 15.2 Å². The van der Waals surface area contributed by atoms with Crippen molar-refractivity contribution < 1.29 is 14.0 Å². The quantitative estimate of drug-likeness (QED) is 0.712. The van der Waals surface area contributed by atoms with Crippen LogP contribution in [0.15, 0.2) is 60.7 Å². The number of fused-ring (bicyclic) bond motifs is 1. The molecule has 0 saturated carbocycles. The highest BCUT2D eigenvalue weighted by atomic mass is 19.1. The number of carbonyl (C=O) groups is 2. The molecule has 2 aromatic carbocycles. The van der Waals surface area contributed by atoms with Gasteiger partial charge in [-0.15, -0.1) is 0 Å². The zero-order valence-electron chi connectivity index (χ0n) is 15.8. The number of hydrogen-bond donors (Lipinski definition) is 2. The first-order chi connectivity index (χ1) is 14.1. The molecule has 1 aliphatic heterocycles. The molecule has 29 heavy (non-hydrogen) atoms. The van der Waals surface area contributed by atoms with E-state index in [9.17, 15) is 14.0 Å². The molecule has 2 heterocycles. The monoisotopic (exact) mass is 392 g/mol. The standard InChI is InChI=1S/C22H21FN4O2/c23-18-8-4-5-15-9-10-19(26-20(15)18)21(28)24-17-11-13-27(14-12-17)22(29)25-16-6-2-1-3-7-16/h1-10,17H,11-14H2,(H,24,28)(H,25,29). The van der Waals surface area contributed by atoms with Crippen molar-refractivity contribution in [3.05, 3.63) is 72.2 Å². The minimum atomic E-state index is -0.449. The van der Waals surface area contributed by atoms with Crippen LogP contribution in [0.25, 0.3) is 10.9 Å². The van der Waals surface area contributed by atoms with Crippen LogP contribution in [0.3, 0.4) is 0 Å². The fourth-order valence-electron chi connectivity index (χ4n) is 3.45. The molecule has 3 aromatic rings. The second kappa shape index (κ2) is 8.26. The number of rotatable bonds is 3. The van der Waals surface area contributed by atoms with Gasteiger partial charge in [0.25, 0.3) is 5.91 Å². The number of amides is 3. The second-order valence-electron chi connectivity index (χ2n) is 7.04. The first-order valence-corrected chi connectivity index (χ1v) is 9.57. The van der Waals surface area contributed by atoms with Crippen molar-refractivity contribution in [1.29, 1.82) is 0 Å². The summed E-state index contributed by atoms with van der Waals surface area (Å²) in [4.78, 5) is 30.8. The first kappa shape index (κ1) is 18.9. The molecule has 0 aliphatic carbocycles. The number of nitrogens with one attached hydrogen (secondary N) is 2. The van der Waals surface area contributed by atoms with Crippen LogP contribution in [0.5, 0.6) is 0 Å². The Kier molecular flexibility index (Phi) is 5.37. The molecule has 0 radical (unpaired) electrons. The Balaban J connectivity index is 1.33. The maximum Gasteiger partial charge on any atom is 0.321 e. The summed E-state index contributed by atoms with van der Waals surface area (Å²) in [6.07, 6.45) is 1.30. The smallest absolute Gasteiger partial charge is 0.321 e. The minimum Gasteiger partial charge on any atom is -0.348 e. The lowest BCUT2D eigenvalue weighted by Crippen LogP contribution is -2.47. The van der Waals surface area contributed by atoms with Gasteiger partial charge in [-0.3, -0.25) is 4.79 Å². The van der Waals surface area contributed by atoms with E-state index in [-0.39, 0.29) is 29.2 Å². The van der Waals surface area contributed by atoms with Gasteiger partial charge in [0.05, 0.1) is 0 Å². The first-order valence-electron chi connectivity index (χ1n) is 9.57. The summed E-state index contributed by atoms with van der Waals surface area (Å²) in [5.41, 5.74) is 1.13. The van der Waals surface area contributed by atoms with Gasteiger partial charge in [-0.05, 0) is 37.1 Å². The van der Waals surface area contributed by atoms with E-state index in [1.54, 1.807) is 29.2 Å². The lowest BCUT2D eigenvalue weighted by atomic mass is 10.0. The van der Waals surface area contributed by atoms with Crippen molar-refractivity contribution in [2.75, 3.05) is 18.4 Å². The minimum absolute atomic E-state index is 0.0543. The number of anilines is 1. The van der Waals surface area contributed by atoms with Crippen molar-refractivity contribution in [3.63, 3.8) is 0 Å². The summed E-state index contributed by atoms with van der Waals surface area (Å²) < 4.78 is 13.9. The molecule has 3 amide bonds. The van der Waals surface area contributed by atoms with E-state index in [0.717, 1.165) is 5.69 Å². The molecule has 0 spiro atoms. The van der Waals surface area contributed by atoms with E-state index in [1.165, 1.54) is 6.07 Å². The molecule has 0 unspecified atom stereocenters. The van der Waals surface area contributed by atoms with Gasteiger partial charge < -0.3 is 15.5 Å². The average molecular weight is 392 g/mol. The fraction of sp³-hybridized carbons (Fsp3) is 0.227. The maximum atomic E-state index is 13.9. The van der Waals surface area contributed by atoms with Gasteiger partial charge in [-0.1, -0.05) is 36.4 Å². The molecule has 1 aromatic heterocycles. The SMILES string of the molecule is O=C(NC1CCN(C(=O)Nc2ccccc2)CC1)c1ccc2cccc(F)c2n1. The van der Waals surface area contributed by atoms with Crippen molar-refractivity contribution >= 4 is 28.5 Å².